The molecular formula is C42H54N6O9. The molecule has 1 aliphatic rings. The van der Waals surface area contributed by atoms with Crippen molar-refractivity contribution in [2.75, 3.05) is 35.4 Å². The second-order valence-electron chi connectivity index (χ2n) is 14.5. The summed E-state index contributed by atoms with van der Waals surface area (Å²) < 4.78 is 10.6. The van der Waals surface area contributed by atoms with Crippen LogP contribution in [0.2, 0.25) is 0 Å². The molecule has 15 nitrogen and oxygen atoms in total. The van der Waals surface area contributed by atoms with Crippen molar-refractivity contribution in [3.8, 4) is 17.2 Å². The first-order valence-corrected chi connectivity index (χ1v) is 18.7. The van der Waals surface area contributed by atoms with E-state index < -0.39 is 71.7 Å². The van der Waals surface area contributed by atoms with E-state index in [-0.39, 0.29) is 30.8 Å². The van der Waals surface area contributed by atoms with Gasteiger partial charge in [-0.05, 0) is 68.1 Å². The summed E-state index contributed by atoms with van der Waals surface area (Å²) in [6.07, 6.45) is 0.0778. The van der Waals surface area contributed by atoms with Crippen molar-refractivity contribution in [3.05, 3.63) is 89.0 Å². The Morgan fingerprint density at radius 3 is 1.56 bits per heavy atom. The fourth-order valence-corrected chi connectivity index (χ4v) is 6.79. The number of nitrogens with one attached hydrogen (secondary N) is 3. The number of carbonyl (C=O) groups excluding carboxylic acids is 6. The Morgan fingerprint density at radius 2 is 1.02 bits per heavy atom. The van der Waals surface area contributed by atoms with Crippen molar-refractivity contribution in [3.63, 3.8) is 0 Å². The van der Waals surface area contributed by atoms with E-state index in [1.807, 2.05) is 18.2 Å². The Morgan fingerprint density at radius 1 is 0.561 bits per heavy atom. The van der Waals surface area contributed by atoms with E-state index in [1.165, 1.54) is 70.8 Å². The maximum absolute atomic E-state index is 14.7. The van der Waals surface area contributed by atoms with Crippen molar-refractivity contribution < 1.29 is 43.3 Å². The molecule has 4 N–H and O–H groups in total. The van der Waals surface area contributed by atoms with E-state index in [4.69, 9.17) is 9.47 Å². The minimum absolute atomic E-state index is 0.0582. The maximum atomic E-state index is 14.7. The number of ether oxygens (including phenoxy) is 2. The average molecular weight is 787 g/mol. The smallest absolute Gasteiger partial charge is 0.246 e. The Balaban J connectivity index is 1.79. The molecule has 306 valence electrons. The minimum atomic E-state index is -1.22. The molecule has 0 saturated carbocycles. The molecule has 4 rings (SSSR count). The lowest BCUT2D eigenvalue weighted by atomic mass is 9.98. The first kappa shape index (κ1) is 43.6. The zero-order valence-corrected chi connectivity index (χ0v) is 34.0. The number of phenolic OH excluding ortho intramolecular Hbond substituents is 1. The number of methoxy groups -OCH3 is 2. The number of aryl methyl sites for hydroxylation is 1. The quantitative estimate of drug-likeness (QED) is 0.264. The van der Waals surface area contributed by atoms with Crippen LogP contribution in [-0.2, 0) is 48.0 Å². The third kappa shape index (κ3) is 10.6. The first-order valence-electron chi connectivity index (χ1n) is 18.7. The Bertz CT molecular complexity index is 1940. The molecule has 1 aliphatic heterocycles. The fourth-order valence-electron chi connectivity index (χ4n) is 6.79. The summed E-state index contributed by atoms with van der Waals surface area (Å²) in [5, 5.41) is 18.6. The number of hydrogen-bond donors (Lipinski definition) is 4. The molecule has 1 unspecified atom stereocenters. The third-order valence-corrected chi connectivity index (χ3v) is 10.4. The SMILES string of the molecule is COc1ccc(CC2C(=O)N[C@@H](C)C(=O)N(C)[C@@H](Cc3ccccc3)C(=O)N(C)[C@@H](Cc3cc(C)c(O)c(OC)c3)C(=O)N[C@H](C)C(=O)N[C@@H](C)C(=O)N2C)cc1. The number of likely N-dealkylation sites (N-methyl/N-ethyl adjacent to an activating group) is 3. The van der Waals surface area contributed by atoms with Crippen LogP contribution < -0.4 is 25.4 Å². The van der Waals surface area contributed by atoms with Gasteiger partial charge in [0.05, 0.1) is 14.2 Å². The van der Waals surface area contributed by atoms with Gasteiger partial charge in [0.15, 0.2) is 11.5 Å². The van der Waals surface area contributed by atoms with Gasteiger partial charge in [-0.1, -0.05) is 48.5 Å². The summed E-state index contributed by atoms with van der Waals surface area (Å²) in [5.74, 6) is -3.03. The highest BCUT2D eigenvalue weighted by atomic mass is 16.5. The molecule has 1 heterocycles. The summed E-state index contributed by atoms with van der Waals surface area (Å²) in [7, 11) is 7.28. The van der Waals surface area contributed by atoms with Crippen LogP contribution in [0.25, 0.3) is 0 Å². The standard InChI is InChI=1S/C42H54N6O9/c1-24-19-30(23-35(57-9)36(24)49)22-33-38(51)43-25(2)37(50)44-26(3)40(53)46(5)32(20-29-15-17-31(56-8)18-16-29)39(52)45-27(4)41(54)48(7)34(42(55)47(33)6)21-28-13-11-10-12-14-28/h10-19,23,25-27,32-34,49H,20-22H2,1-9H3,(H,43,51)(H,44,50)(H,45,52)/t25-,26+,27+,32?,33+,34+/m1/s1. The van der Waals surface area contributed by atoms with Crippen molar-refractivity contribution in [1.29, 1.82) is 0 Å². The molecule has 57 heavy (non-hydrogen) atoms. The maximum Gasteiger partial charge on any atom is 0.246 e. The molecule has 6 atom stereocenters. The van der Waals surface area contributed by atoms with Crippen molar-refractivity contribution in [2.24, 2.45) is 0 Å². The third-order valence-electron chi connectivity index (χ3n) is 10.4. The summed E-state index contributed by atoms with van der Waals surface area (Å²) in [5.41, 5.74) is 2.47. The Hall–Kier alpha value is -6.12. The molecule has 15 heteroatoms. The molecule has 0 aliphatic carbocycles. The van der Waals surface area contributed by atoms with Gasteiger partial charge >= 0.3 is 0 Å². The number of hydrogen-bond acceptors (Lipinski definition) is 9. The summed E-state index contributed by atoms with van der Waals surface area (Å²) in [6.45, 7) is 6.08. The molecule has 1 saturated heterocycles. The summed E-state index contributed by atoms with van der Waals surface area (Å²) >= 11 is 0. The normalized spacial score (nSPS) is 23.3. The van der Waals surface area contributed by atoms with Gasteiger partial charge in [-0.2, -0.15) is 0 Å². The predicted molar refractivity (Wildman–Crippen MR) is 212 cm³/mol. The summed E-state index contributed by atoms with van der Waals surface area (Å²) in [6, 6.07) is 12.4. The Kier molecular flexibility index (Phi) is 14.7. The van der Waals surface area contributed by atoms with E-state index in [0.717, 1.165) is 5.56 Å². The molecular weight excluding hydrogens is 732 g/mol. The second-order valence-corrected chi connectivity index (χ2v) is 14.5. The zero-order chi connectivity index (χ0) is 42.1. The van der Waals surface area contributed by atoms with Crippen LogP contribution in [0.3, 0.4) is 0 Å². The highest BCUT2D eigenvalue weighted by molar-refractivity contribution is 5.98. The number of benzene rings is 3. The fraction of sp³-hybridized carbons (Fsp3) is 0.429. The number of carbonyl (C=O) groups is 6. The van der Waals surface area contributed by atoms with Crippen molar-refractivity contribution >= 4 is 35.4 Å². The van der Waals surface area contributed by atoms with E-state index >= 15 is 0 Å². The highest BCUT2D eigenvalue weighted by Gasteiger charge is 2.39. The van der Waals surface area contributed by atoms with Crippen molar-refractivity contribution in [1.82, 2.24) is 30.7 Å². The van der Waals surface area contributed by atoms with E-state index in [2.05, 4.69) is 16.0 Å². The van der Waals surface area contributed by atoms with Crippen LogP contribution in [0.1, 0.15) is 43.0 Å². The van der Waals surface area contributed by atoms with E-state index in [9.17, 15) is 33.9 Å². The number of phenols is 1. The molecule has 3 aromatic carbocycles. The lowest BCUT2D eigenvalue weighted by Gasteiger charge is -2.36. The lowest BCUT2D eigenvalue weighted by Crippen LogP contribution is -2.61. The Labute approximate surface area is 333 Å². The van der Waals surface area contributed by atoms with Crippen LogP contribution in [-0.4, -0.2) is 127 Å². The average Bonchev–Trinajstić information content (AvgIpc) is 3.20. The van der Waals surface area contributed by atoms with Crippen LogP contribution in [0, 0.1) is 6.92 Å². The van der Waals surface area contributed by atoms with Crippen LogP contribution in [0.4, 0.5) is 0 Å². The van der Waals surface area contributed by atoms with Crippen LogP contribution in [0.15, 0.2) is 66.7 Å². The van der Waals surface area contributed by atoms with Gasteiger partial charge < -0.3 is 45.2 Å². The number of aromatic hydroxyl groups is 1. The van der Waals surface area contributed by atoms with Gasteiger partial charge in [-0.15, -0.1) is 0 Å². The second kappa shape index (κ2) is 19.2. The van der Waals surface area contributed by atoms with Gasteiger partial charge in [0.1, 0.15) is 42.0 Å². The monoisotopic (exact) mass is 786 g/mol. The number of amides is 6. The van der Waals surface area contributed by atoms with Crippen LogP contribution in [0.5, 0.6) is 17.2 Å². The van der Waals surface area contributed by atoms with E-state index in [1.54, 1.807) is 55.5 Å². The van der Waals surface area contributed by atoms with Gasteiger partial charge in [0, 0.05) is 40.4 Å². The topological polar surface area (TPSA) is 187 Å². The molecule has 6 amide bonds. The highest BCUT2D eigenvalue weighted by Crippen LogP contribution is 2.31. The van der Waals surface area contributed by atoms with Gasteiger partial charge in [0.25, 0.3) is 0 Å². The lowest BCUT2D eigenvalue weighted by molar-refractivity contribution is -0.149. The first-order chi connectivity index (χ1) is 27.0. The zero-order valence-electron chi connectivity index (χ0n) is 34.0. The largest absolute Gasteiger partial charge is 0.504 e. The molecule has 0 radical (unpaired) electrons. The molecule has 1 fully saturated rings. The number of rotatable bonds is 8. The van der Waals surface area contributed by atoms with Crippen LogP contribution >= 0.6 is 0 Å². The van der Waals surface area contributed by atoms with Crippen molar-refractivity contribution in [2.45, 2.75) is 83.2 Å². The van der Waals surface area contributed by atoms with Gasteiger partial charge in [-0.25, -0.2) is 0 Å². The summed E-state index contributed by atoms with van der Waals surface area (Å²) in [4.78, 5) is 88.2. The molecule has 0 bridgehead atoms. The van der Waals surface area contributed by atoms with E-state index in [0.29, 0.717) is 22.4 Å². The molecule has 0 aromatic heterocycles. The predicted octanol–water partition coefficient (Wildman–Crippen LogP) is 1.75. The van der Waals surface area contributed by atoms with Gasteiger partial charge in [-0.3, -0.25) is 28.8 Å². The number of nitrogens with zero attached hydrogens (tertiary/aromatic N) is 3. The minimum Gasteiger partial charge on any atom is -0.504 e. The van der Waals surface area contributed by atoms with Gasteiger partial charge in [0.2, 0.25) is 35.4 Å². The molecule has 3 aromatic rings. The molecule has 0 spiro atoms.